The molecule has 0 saturated carbocycles. The molecular formula is C14H13NO. The maximum Gasteiger partial charge on any atom is 0.211 e. The van der Waals surface area contributed by atoms with E-state index in [-0.39, 0.29) is 5.78 Å². The summed E-state index contributed by atoms with van der Waals surface area (Å²) >= 11 is 0. The highest BCUT2D eigenvalue weighted by atomic mass is 16.1. The Labute approximate surface area is 95.0 Å². The summed E-state index contributed by atoms with van der Waals surface area (Å²) in [5.74, 6) is -0.0244. The molecule has 16 heavy (non-hydrogen) atoms. The lowest BCUT2D eigenvalue weighted by Crippen LogP contribution is -2.04. The molecule has 0 spiro atoms. The normalized spacial score (nSPS) is 10.1. The number of hydrogen-bond acceptors (Lipinski definition) is 2. The van der Waals surface area contributed by atoms with Gasteiger partial charge >= 0.3 is 0 Å². The molecule has 0 N–H and O–H groups in total. The second-order valence-electron chi connectivity index (χ2n) is 3.86. The Hall–Kier alpha value is -1.96. The minimum Gasteiger partial charge on any atom is -0.287 e. The first-order valence-corrected chi connectivity index (χ1v) is 5.22. The van der Waals surface area contributed by atoms with E-state index in [1.54, 1.807) is 6.07 Å². The third kappa shape index (κ3) is 2.16. The van der Waals surface area contributed by atoms with Gasteiger partial charge in [0.25, 0.3) is 0 Å². The second kappa shape index (κ2) is 4.27. The van der Waals surface area contributed by atoms with Crippen LogP contribution in [0.4, 0.5) is 0 Å². The van der Waals surface area contributed by atoms with Crippen LogP contribution in [0.3, 0.4) is 0 Å². The fourth-order valence-corrected chi connectivity index (χ4v) is 1.52. The van der Waals surface area contributed by atoms with Gasteiger partial charge in [0.05, 0.1) is 0 Å². The lowest BCUT2D eigenvalue weighted by atomic mass is 10.1. The Kier molecular flexibility index (Phi) is 2.82. The van der Waals surface area contributed by atoms with Crippen molar-refractivity contribution in [2.24, 2.45) is 0 Å². The van der Waals surface area contributed by atoms with Gasteiger partial charge in [-0.1, -0.05) is 35.9 Å². The van der Waals surface area contributed by atoms with Crippen molar-refractivity contribution in [2.45, 2.75) is 13.8 Å². The quantitative estimate of drug-likeness (QED) is 0.715. The van der Waals surface area contributed by atoms with Crippen LogP contribution in [0.15, 0.2) is 42.5 Å². The number of aryl methyl sites for hydroxylation is 2. The molecule has 0 aliphatic carbocycles. The number of benzene rings is 1. The zero-order chi connectivity index (χ0) is 11.5. The van der Waals surface area contributed by atoms with Gasteiger partial charge in [0.1, 0.15) is 5.69 Å². The van der Waals surface area contributed by atoms with Crippen LogP contribution in [0, 0.1) is 13.8 Å². The third-order valence-corrected chi connectivity index (χ3v) is 2.43. The van der Waals surface area contributed by atoms with Crippen LogP contribution in [-0.2, 0) is 0 Å². The van der Waals surface area contributed by atoms with E-state index in [9.17, 15) is 4.79 Å². The topological polar surface area (TPSA) is 30.0 Å². The molecule has 0 bridgehead atoms. The van der Waals surface area contributed by atoms with Gasteiger partial charge in [-0.15, -0.1) is 0 Å². The van der Waals surface area contributed by atoms with Gasteiger partial charge in [-0.25, -0.2) is 4.98 Å². The van der Waals surface area contributed by atoms with Crippen LogP contribution < -0.4 is 0 Å². The van der Waals surface area contributed by atoms with E-state index in [0.29, 0.717) is 11.3 Å². The number of carbonyl (C=O) groups is 1. The van der Waals surface area contributed by atoms with E-state index in [2.05, 4.69) is 4.98 Å². The molecule has 0 atom stereocenters. The minimum absolute atomic E-state index is 0.0244. The lowest BCUT2D eigenvalue weighted by Gasteiger charge is -2.01. The molecular weight excluding hydrogens is 198 g/mol. The van der Waals surface area contributed by atoms with E-state index in [0.717, 1.165) is 11.3 Å². The van der Waals surface area contributed by atoms with Crippen LogP contribution in [0.2, 0.25) is 0 Å². The molecule has 2 rings (SSSR count). The van der Waals surface area contributed by atoms with Crippen LogP contribution in [0.5, 0.6) is 0 Å². The van der Waals surface area contributed by atoms with Crippen molar-refractivity contribution in [2.75, 3.05) is 0 Å². The van der Waals surface area contributed by atoms with Gasteiger partial charge in [-0.2, -0.15) is 0 Å². The fourth-order valence-electron chi connectivity index (χ4n) is 1.52. The standard InChI is InChI=1S/C14H13NO/c1-10-6-8-12(9-7-10)14(16)13-5-3-4-11(2)15-13/h3-9H,1-2H3. The summed E-state index contributed by atoms with van der Waals surface area (Å²) in [5, 5.41) is 0. The molecule has 0 unspecified atom stereocenters. The number of ketones is 1. The summed E-state index contributed by atoms with van der Waals surface area (Å²) in [5.41, 5.74) is 3.19. The zero-order valence-corrected chi connectivity index (χ0v) is 9.40. The Morgan fingerprint density at radius 1 is 1.00 bits per heavy atom. The van der Waals surface area contributed by atoms with Crippen LogP contribution in [0.1, 0.15) is 27.3 Å². The molecule has 0 saturated heterocycles. The van der Waals surface area contributed by atoms with E-state index >= 15 is 0 Å². The molecule has 2 heteroatoms. The van der Waals surface area contributed by atoms with Gasteiger partial charge in [-0.05, 0) is 26.0 Å². The summed E-state index contributed by atoms with van der Waals surface area (Å²) in [6.07, 6.45) is 0. The van der Waals surface area contributed by atoms with Crippen molar-refractivity contribution >= 4 is 5.78 Å². The Morgan fingerprint density at radius 2 is 1.69 bits per heavy atom. The average molecular weight is 211 g/mol. The number of carbonyl (C=O) groups excluding carboxylic acids is 1. The van der Waals surface area contributed by atoms with Gasteiger partial charge in [0.15, 0.2) is 0 Å². The van der Waals surface area contributed by atoms with Crippen molar-refractivity contribution in [1.82, 2.24) is 4.98 Å². The van der Waals surface area contributed by atoms with E-state index in [4.69, 9.17) is 0 Å². The highest BCUT2D eigenvalue weighted by Gasteiger charge is 2.09. The molecule has 0 aliphatic rings. The Balaban J connectivity index is 2.35. The summed E-state index contributed by atoms with van der Waals surface area (Å²) in [6, 6.07) is 13.0. The van der Waals surface area contributed by atoms with Gasteiger partial charge in [0.2, 0.25) is 5.78 Å². The van der Waals surface area contributed by atoms with Crippen LogP contribution >= 0.6 is 0 Å². The summed E-state index contributed by atoms with van der Waals surface area (Å²) in [6.45, 7) is 3.88. The SMILES string of the molecule is Cc1ccc(C(=O)c2cccc(C)n2)cc1. The van der Waals surface area contributed by atoms with Crippen molar-refractivity contribution < 1.29 is 4.79 Å². The number of hydrogen-bond donors (Lipinski definition) is 0. The molecule has 0 fully saturated rings. The van der Waals surface area contributed by atoms with Crippen LogP contribution in [0.25, 0.3) is 0 Å². The van der Waals surface area contributed by atoms with Gasteiger partial charge < -0.3 is 0 Å². The maximum absolute atomic E-state index is 12.0. The highest BCUT2D eigenvalue weighted by Crippen LogP contribution is 2.09. The first-order valence-electron chi connectivity index (χ1n) is 5.22. The molecule has 1 heterocycles. The minimum atomic E-state index is -0.0244. The highest BCUT2D eigenvalue weighted by molar-refractivity contribution is 6.07. The molecule has 0 amide bonds. The molecule has 2 aromatic rings. The van der Waals surface area contributed by atoms with Crippen molar-refractivity contribution in [3.8, 4) is 0 Å². The number of aromatic nitrogens is 1. The van der Waals surface area contributed by atoms with E-state index < -0.39 is 0 Å². The second-order valence-corrected chi connectivity index (χ2v) is 3.86. The zero-order valence-electron chi connectivity index (χ0n) is 9.40. The van der Waals surface area contributed by atoms with E-state index in [1.807, 2.05) is 50.2 Å². The Morgan fingerprint density at radius 3 is 2.31 bits per heavy atom. The molecule has 0 aliphatic heterocycles. The average Bonchev–Trinajstić information content (AvgIpc) is 2.29. The predicted molar refractivity (Wildman–Crippen MR) is 63.6 cm³/mol. The lowest BCUT2D eigenvalue weighted by molar-refractivity contribution is 0.103. The number of rotatable bonds is 2. The first kappa shape index (κ1) is 10.6. The number of pyridine rings is 1. The molecule has 0 radical (unpaired) electrons. The molecule has 2 nitrogen and oxygen atoms in total. The van der Waals surface area contributed by atoms with Crippen molar-refractivity contribution in [3.05, 3.63) is 65.0 Å². The smallest absolute Gasteiger partial charge is 0.211 e. The van der Waals surface area contributed by atoms with E-state index in [1.165, 1.54) is 0 Å². The Bertz CT molecular complexity index is 515. The molecule has 1 aromatic heterocycles. The number of nitrogens with zero attached hydrogens (tertiary/aromatic N) is 1. The third-order valence-electron chi connectivity index (χ3n) is 2.43. The van der Waals surface area contributed by atoms with Gasteiger partial charge in [-0.3, -0.25) is 4.79 Å². The summed E-state index contributed by atoms with van der Waals surface area (Å²) < 4.78 is 0. The largest absolute Gasteiger partial charge is 0.287 e. The monoisotopic (exact) mass is 211 g/mol. The van der Waals surface area contributed by atoms with Crippen molar-refractivity contribution in [3.63, 3.8) is 0 Å². The summed E-state index contributed by atoms with van der Waals surface area (Å²) in [4.78, 5) is 16.3. The summed E-state index contributed by atoms with van der Waals surface area (Å²) in [7, 11) is 0. The van der Waals surface area contributed by atoms with Crippen molar-refractivity contribution in [1.29, 1.82) is 0 Å². The maximum atomic E-state index is 12.0. The van der Waals surface area contributed by atoms with Crippen LogP contribution in [-0.4, -0.2) is 10.8 Å². The van der Waals surface area contributed by atoms with Gasteiger partial charge in [0, 0.05) is 11.3 Å². The predicted octanol–water partition coefficient (Wildman–Crippen LogP) is 2.93. The molecule has 1 aromatic carbocycles. The molecule has 80 valence electrons. The first-order chi connectivity index (χ1) is 7.66. The fraction of sp³-hybridized carbons (Fsp3) is 0.143.